The number of ether oxygens (including phenoxy) is 1. The number of hydrogen-bond acceptors (Lipinski definition) is 4. The fourth-order valence-electron chi connectivity index (χ4n) is 3.81. The maximum Gasteiger partial charge on any atom is 0.157 e. The van der Waals surface area contributed by atoms with Crippen LogP contribution < -0.4 is 4.74 Å². The number of carbonyl (C=O) groups is 1. The first kappa shape index (κ1) is 17.3. The first-order valence-electron chi connectivity index (χ1n) is 9.29. The van der Waals surface area contributed by atoms with Gasteiger partial charge in [-0.05, 0) is 43.2 Å². The molecule has 2 aromatic heterocycles. The van der Waals surface area contributed by atoms with Crippen molar-refractivity contribution in [2.45, 2.75) is 38.3 Å². The quantitative estimate of drug-likeness (QED) is 0.642. The summed E-state index contributed by atoms with van der Waals surface area (Å²) in [6.45, 7) is 0.267. The number of phenols is 1. The number of rotatable bonds is 6. The van der Waals surface area contributed by atoms with Gasteiger partial charge in [0.25, 0.3) is 0 Å². The first-order valence-corrected chi connectivity index (χ1v) is 9.29. The van der Waals surface area contributed by atoms with E-state index in [1.807, 2.05) is 12.1 Å². The molecule has 1 N–H and O–H groups in total. The third-order valence-electron chi connectivity index (χ3n) is 5.18. The monoisotopic (exact) mass is 362 g/mol. The second kappa shape index (κ2) is 7.66. The molecular weight excluding hydrogens is 340 g/mol. The van der Waals surface area contributed by atoms with Crippen LogP contribution in [-0.4, -0.2) is 20.9 Å². The topological polar surface area (TPSA) is 64.3 Å². The summed E-state index contributed by atoms with van der Waals surface area (Å²) in [6.07, 6.45) is 9.47. The van der Waals surface area contributed by atoms with Gasteiger partial charge in [0, 0.05) is 24.0 Å². The summed E-state index contributed by atoms with van der Waals surface area (Å²) >= 11 is 0. The summed E-state index contributed by atoms with van der Waals surface area (Å²) in [5.41, 5.74) is 3.09. The predicted octanol–water partition coefficient (Wildman–Crippen LogP) is 4.76. The average Bonchev–Trinajstić information content (AvgIpc) is 3.38. The van der Waals surface area contributed by atoms with E-state index < -0.39 is 0 Å². The van der Waals surface area contributed by atoms with Crippen molar-refractivity contribution in [2.24, 2.45) is 0 Å². The average molecular weight is 362 g/mol. The van der Waals surface area contributed by atoms with E-state index >= 15 is 0 Å². The molecular formula is C22H22N2O3. The summed E-state index contributed by atoms with van der Waals surface area (Å²) in [4.78, 5) is 15.9. The summed E-state index contributed by atoms with van der Waals surface area (Å²) in [6, 6.07) is 13.4. The van der Waals surface area contributed by atoms with Crippen LogP contribution in [0.25, 0.3) is 11.4 Å². The maximum atomic E-state index is 11.2. The number of carbonyl (C=O) groups excluding carboxylic acids is 1. The lowest BCUT2D eigenvalue weighted by molar-refractivity contribution is 0.111. The predicted molar refractivity (Wildman–Crippen MR) is 103 cm³/mol. The van der Waals surface area contributed by atoms with Crippen molar-refractivity contribution >= 4 is 6.29 Å². The largest absolute Gasteiger partial charge is 0.507 e. The number of nitrogens with zero attached hydrogens (tertiary/aromatic N) is 2. The Morgan fingerprint density at radius 3 is 2.81 bits per heavy atom. The van der Waals surface area contributed by atoms with Crippen molar-refractivity contribution in [3.8, 4) is 22.9 Å². The highest BCUT2D eigenvalue weighted by atomic mass is 16.5. The number of aromatic hydroxyl groups is 1. The minimum Gasteiger partial charge on any atom is -0.507 e. The van der Waals surface area contributed by atoms with E-state index in [-0.39, 0.29) is 17.9 Å². The summed E-state index contributed by atoms with van der Waals surface area (Å²) in [7, 11) is 0. The van der Waals surface area contributed by atoms with Gasteiger partial charge in [0.05, 0.1) is 17.0 Å². The minimum atomic E-state index is -0.0796. The van der Waals surface area contributed by atoms with E-state index in [9.17, 15) is 9.90 Å². The van der Waals surface area contributed by atoms with Crippen LogP contribution >= 0.6 is 0 Å². The molecule has 0 amide bonds. The van der Waals surface area contributed by atoms with Gasteiger partial charge in [-0.1, -0.05) is 25.0 Å². The molecule has 1 aliphatic carbocycles. The van der Waals surface area contributed by atoms with Crippen LogP contribution in [0.3, 0.4) is 0 Å². The van der Waals surface area contributed by atoms with Gasteiger partial charge in [-0.3, -0.25) is 9.78 Å². The van der Waals surface area contributed by atoms with Crippen LogP contribution in [-0.2, 0) is 6.61 Å². The van der Waals surface area contributed by atoms with E-state index in [2.05, 4.69) is 27.9 Å². The van der Waals surface area contributed by atoms with Crippen molar-refractivity contribution < 1.29 is 14.6 Å². The fourth-order valence-corrected chi connectivity index (χ4v) is 3.81. The van der Waals surface area contributed by atoms with E-state index in [1.54, 1.807) is 18.3 Å². The van der Waals surface area contributed by atoms with Gasteiger partial charge in [-0.15, -0.1) is 0 Å². The van der Waals surface area contributed by atoms with E-state index in [0.29, 0.717) is 18.1 Å². The van der Waals surface area contributed by atoms with Gasteiger partial charge < -0.3 is 14.4 Å². The molecule has 0 saturated heterocycles. The molecule has 1 aliphatic rings. The van der Waals surface area contributed by atoms with Crippen LogP contribution in [0.4, 0.5) is 0 Å². The zero-order valence-electron chi connectivity index (χ0n) is 15.0. The maximum absolute atomic E-state index is 11.2. The van der Waals surface area contributed by atoms with Crippen LogP contribution in [0.5, 0.6) is 11.5 Å². The number of phenolic OH excluding ortho intramolecular Hbond substituents is 1. The Hall–Kier alpha value is -3.08. The minimum absolute atomic E-state index is 0.0796. The van der Waals surface area contributed by atoms with Crippen molar-refractivity contribution in [1.82, 2.24) is 9.55 Å². The zero-order chi connectivity index (χ0) is 18.6. The third kappa shape index (κ3) is 3.45. The lowest BCUT2D eigenvalue weighted by Gasteiger charge is -2.18. The van der Waals surface area contributed by atoms with E-state index in [1.165, 1.54) is 31.7 Å². The molecule has 0 radical (unpaired) electrons. The van der Waals surface area contributed by atoms with Crippen molar-refractivity contribution in [2.75, 3.05) is 0 Å². The molecule has 138 valence electrons. The van der Waals surface area contributed by atoms with Gasteiger partial charge in [-0.25, -0.2) is 0 Å². The van der Waals surface area contributed by atoms with Crippen LogP contribution in [0, 0.1) is 0 Å². The summed E-state index contributed by atoms with van der Waals surface area (Å²) in [5, 5.41) is 9.82. The van der Waals surface area contributed by atoms with E-state index in [4.69, 9.17) is 4.74 Å². The third-order valence-corrected chi connectivity index (χ3v) is 5.18. The molecule has 0 unspecified atom stereocenters. The SMILES string of the molecule is O=Cc1c(O)cccc1OCc1cccnc1-c1cccn1C1CCCC1. The molecule has 1 fully saturated rings. The normalized spacial score (nSPS) is 14.4. The van der Waals surface area contributed by atoms with Crippen LogP contribution in [0.15, 0.2) is 54.9 Å². The Morgan fingerprint density at radius 2 is 2.00 bits per heavy atom. The Bertz CT molecular complexity index is 942. The number of pyridine rings is 1. The summed E-state index contributed by atoms with van der Waals surface area (Å²) in [5.74, 6) is 0.287. The second-order valence-corrected chi connectivity index (χ2v) is 6.85. The van der Waals surface area contributed by atoms with Gasteiger partial charge in [0.1, 0.15) is 18.1 Å². The van der Waals surface area contributed by atoms with Crippen molar-refractivity contribution in [3.05, 3.63) is 66.0 Å². The van der Waals surface area contributed by atoms with Gasteiger partial charge in [0.2, 0.25) is 0 Å². The highest BCUT2D eigenvalue weighted by Crippen LogP contribution is 2.34. The molecule has 0 atom stereocenters. The molecule has 0 bridgehead atoms. The standard InChI is InChI=1S/C22H22N2O3/c25-14-18-20(26)10-3-11-21(18)27-15-16-6-4-12-23-22(16)19-9-5-13-24(19)17-7-1-2-8-17/h3-6,9-14,17,26H,1-2,7-8,15H2. The number of hydrogen-bond donors (Lipinski definition) is 1. The molecule has 0 spiro atoms. The molecule has 5 nitrogen and oxygen atoms in total. The van der Waals surface area contributed by atoms with Crippen LogP contribution in [0.2, 0.25) is 0 Å². The lowest BCUT2D eigenvalue weighted by atomic mass is 10.1. The fraction of sp³-hybridized carbons (Fsp3) is 0.273. The van der Waals surface area contributed by atoms with Gasteiger partial charge >= 0.3 is 0 Å². The van der Waals surface area contributed by atoms with Gasteiger partial charge in [0.15, 0.2) is 6.29 Å². The number of aromatic nitrogens is 2. The number of benzene rings is 1. The smallest absolute Gasteiger partial charge is 0.157 e. The van der Waals surface area contributed by atoms with Crippen molar-refractivity contribution in [1.29, 1.82) is 0 Å². The molecule has 27 heavy (non-hydrogen) atoms. The highest BCUT2D eigenvalue weighted by Gasteiger charge is 2.21. The highest BCUT2D eigenvalue weighted by molar-refractivity contribution is 5.83. The molecule has 2 heterocycles. The van der Waals surface area contributed by atoms with Gasteiger partial charge in [-0.2, -0.15) is 0 Å². The molecule has 3 aromatic rings. The second-order valence-electron chi connectivity index (χ2n) is 6.85. The lowest BCUT2D eigenvalue weighted by Crippen LogP contribution is -2.08. The zero-order valence-corrected chi connectivity index (χ0v) is 15.0. The Labute approximate surface area is 158 Å². The molecule has 1 saturated carbocycles. The number of aldehydes is 1. The molecule has 5 heteroatoms. The van der Waals surface area contributed by atoms with Crippen LogP contribution in [0.1, 0.15) is 47.6 Å². The Morgan fingerprint density at radius 1 is 1.15 bits per heavy atom. The molecule has 0 aliphatic heterocycles. The molecule has 4 rings (SSSR count). The Balaban J connectivity index is 1.62. The summed E-state index contributed by atoms with van der Waals surface area (Å²) < 4.78 is 8.18. The first-order chi connectivity index (χ1) is 13.3. The van der Waals surface area contributed by atoms with E-state index in [0.717, 1.165) is 17.0 Å². The molecule has 1 aromatic carbocycles. The Kier molecular flexibility index (Phi) is 4.92. The van der Waals surface area contributed by atoms with Crippen molar-refractivity contribution in [3.63, 3.8) is 0 Å².